The van der Waals surface area contributed by atoms with Crippen molar-refractivity contribution in [1.29, 1.82) is 0 Å². The zero-order valence-corrected chi connectivity index (χ0v) is 7.25. The first-order chi connectivity index (χ1) is 5.52. The third kappa shape index (κ3) is 3.44. The van der Waals surface area contributed by atoms with Gasteiger partial charge >= 0.3 is 6.16 Å². The van der Waals surface area contributed by atoms with Crippen LogP contribution in [0.5, 0.6) is 0 Å². The number of rotatable bonds is 2. The summed E-state index contributed by atoms with van der Waals surface area (Å²) in [6.45, 7) is 3.56. The van der Waals surface area contributed by atoms with Crippen LogP contribution in [0.1, 0.15) is 34.1 Å². The minimum absolute atomic E-state index is 0. The molecular formula is C9H16O4. The summed E-state index contributed by atoms with van der Waals surface area (Å²) in [5, 5.41) is 0. The number of Topliss-reactive ketones (excluding diaryl/α,β-unsaturated/α-hetero) is 1. The SMILES string of the molecule is C.CC(=O)CC1(C)CCOC(=O)O1. The van der Waals surface area contributed by atoms with Crippen LogP contribution in [0, 0.1) is 0 Å². The molecule has 76 valence electrons. The molecule has 1 aliphatic heterocycles. The molecule has 0 saturated carbocycles. The van der Waals surface area contributed by atoms with E-state index < -0.39 is 11.8 Å². The molecule has 1 unspecified atom stereocenters. The topological polar surface area (TPSA) is 52.6 Å². The van der Waals surface area contributed by atoms with Crippen molar-refractivity contribution in [3.8, 4) is 0 Å². The van der Waals surface area contributed by atoms with Crippen molar-refractivity contribution in [2.75, 3.05) is 6.61 Å². The second-order valence-corrected chi connectivity index (χ2v) is 3.28. The maximum absolute atomic E-state index is 10.8. The molecule has 13 heavy (non-hydrogen) atoms. The van der Waals surface area contributed by atoms with E-state index in [-0.39, 0.29) is 19.6 Å². The summed E-state index contributed by atoms with van der Waals surface area (Å²) < 4.78 is 9.49. The van der Waals surface area contributed by atoms with Gasteiger partial charge in [0.2, 0.25) is 0 Å². The lowest BCUT2D eigenvalue weighted by molar-refractivity contribution is -0.126. The number of carbonyl (C=O) groups is 2. The zero-order chi connectivity index (χ0) is 9.19. The van der Waals surface area contributed by atoms with Gasteiger partial charge in [-0.2, -0.15) is 0 Å². The van der Waals surface area contributed by atoms with Gasteiger partial charge in [0.1, 0.15) is 11.4 Å². The smallest absolute Gasteiger partial charge is 0.434 e. The van der Waals surface area contributed by atoms with Gasteiger partial charge in [0, 0.05) is 12.8 Å². The van der Waals surface area contributed by atoms with Crippen molar-refractivity contribution in [3.63, 3.8) is 0 Å². The van der Waals surface area contributed by atoms with Crippen LogP contribution in [0.2, 0.25) is 0 Å². The van der Waals surface area contributed by atoms with Crippen LogP contribution in [0.4, 0.5) is 4.79 Å². The molecule has 1 saturated heterocycles. The lowest BCUT2D eigenvalue weighted by Gasteiger charge is -2.31. The van der Waals surface area contributed by atoms with Crippen molar-refractivity contribution in [3.05, 3.63) is 0 Å². The molecule has 4 heteroatoms. The largest absolute Gasteiger partial charge is 0.508 e. The Morgan fingerprint density at radius 2 is 2.23 bits per heavy atom. The van der Waals surface area contributed by atoms with Crippen LogP contribution in [-0.2, 0) is 14.3 Å². The molecule has 1 aliphatic rings. The van der Waals surface area contributed by atoms with Crippen LogP contribution in [0.15, 0.2) is 0 Å². The maximum atomic E-state index is 10.8. The molecule has 1 fully saturated rings. The molecule has 0 N–H and O–H groups in total. The quantitative estimate of drug-likeness (QED) is 0.621. The van der Waals surface area contributed by atoms with Crippen molar-refractivity contribution in [2.24, 2.45) is 0 Å². The van der Waals surface area contributed by atoms with E-state index in [1.54, 1.807) is 6.92 Å². The summed E-state index contributed by atoms with van der Waals surface area (Å²) >= 11 is 0. The van der Waals surface area contributed by atoms with Crippen LogP contribution < -0.4 is 0 Å². The van der Waals surface area contributed by atoms with E-state index >= 15 is 0 Å². The molecule has 0 aromatic rings. The molecule has 1 rings (SSSR count). The number of ether oxygens (including phenoxy) is 2. The third-order valence-electron chi connectivity index (χ3n) is 1.80. The monoisotopic (exact) mass is 188 g/mol. The first-order valence-electron chi connectivity index (χ1n) is 3.87. The predicted octanol–water partition coefficient (Wildman–Crippen LogP) is 1.92. The van der Waals surface area contributed by atoms with Gasteiger partial charge in [-0.15, -0.1) is 0 Å². The third-order valence-corrected chi connectivity index (χ3v) is 1.80. The van der Waals surface area contributed by atoms with Gasteiger partial charge < -0.3 is 9.47 Å². The predicted molar refractivity (Wildman–Crippen MR) is 47.5 cm³/mol. The molecule has 0 bridgehead atoms. The summed E-state index contributed by atoms with van der Waals surface area (Å²) in [5.41, 5.74) is -0.652. The Kier molecular flexibility index (Phi) is 3.91. The van der Waals surface area contributed by atoms with Gasteiger partial charge in [0.05, 0.1) is 6.61 Å². The van der Waals surface area contributed by atoms with E-state index in [1.165, 1.54) is 6.92 Å². The maximum Gasteiger partial charge on any atom is 0.508 e. The first-order valence-corrected chi connectivity index (χ1v) is 3.87. The summed E-state index contributed by atoms with van der Waals surface area (Å²) in [5.74, 6) is 0.0206. The summed E-state index contributed by atoms with van der Waals surface area (Å²) in [6, 6.07) is 0. The minimum Gasteiger partial charge on any atom is -0.434 e. The Balaban J connectivity index is 0.00000144. The van der Waals surface area contributed by atoms with E-state index in [1.807, 2.05) is 0 Å². The van der Waals surface area contributed by atoms with Crippen molar-refractivity contribution in [2.45, 2.75) is 39.7 Å². The fourth-order valence-corrected chi connectivity index (χ4v) is 1.28. The van der Waals surface area contributed by atoms with E-state index in [9.17, 15) is 9.59 Å². The molecule has 0 spiro atoms. The number of hydrogen-bond acceptors (Lipinski definition) is 4. The first kappa shape index (κ1) is 11.9. The Hall–Kier alpha value is -1.06. The molecule has 0 amide bonds. The molecule has 0 aliphatic carbocycles. The Morgan fingerprint density at radius 3 is 2.69 bits per heavy atom. The zero-order valence-electron chi connectivity index (χ0n) is 7.25. The molecular weight excluding hydrogens is 172 g/mol. The molecule has 4 nitrogen and oxygen atoms in total. The Bertz CT molecular complexity index is 208. The highest BCUT2D eigenvalue weighted by atomic mass is 16.7. The molecule has 0 aromatic heterocycles. The average molecular weight is 188 g/mol. The van der Waals surface area contributed by atoms with Crippen LogP contribution in [0.3, 0.4) is 0 Å². The highest BCUT2D eigenvalue weighted by molar-refractivity contribution is 5.77. The van der Waals surface area contributed by atoms with E-state index in [2.05, 4.69) is 4.74 Å². The number of carbonyl (C=O) groups excluding carboxylic acids is 2. The van der Waals surface area contributed by atoms with E-state index in [0.717, 1.165) is 0 Å². The van der Waals surface area contributed by atoms with Crippen molar-refractivity contribution < 1.29 is 19.1 Å². The molecule has 1 heterocycles. The van der Waals surface area contributed by atoms with Crippen LogP contribution >= 0.6 is 0 Å². The van der Waals surface area contributed by atoms with Gasteiger partial charge in [-0.25, -0.2) is 4.79 Å². The van der Waals surface area contributed by atoms with Crippen molar-refractivity contribution >= 4 is 11.9 Å². The fraction of sp³-hybridized carbons (Fsp3) is 0.778. The fourth-order valence-electron chi connectivity index (χ4n) is 1.28. The van der Waals surface area contributed by atoms with Gasteiger partial charge in [-0.3, -0.25) is 4.79 Å². The Morgan fingerprint density at radius 1 is 1.62 bits per heavy atom. The highest BCUT2D eigenvalue weighted by Gasteiger charge is 2.34. The van der Waals surface area contributed by atoms with Gasteiger partial charge in [0.15, 0.2) is 0 Å². The van der Waals surface area contributed by atoms with Gasteiger partial charge in [0.25, 0.3) is 0 Å². The van der Waals surface area contributed by atoms with Crippen LogP contribution in [-0.4, -0.2) is 24.1 Å². The van der Waals surface area contributed by atoms with E-state index in [0.29, 0.717) is 13.0 Å². The van der Waals surface area contributed by atoms with Crippen LogP contribution in [0.25, 0.3) is 0 Å². The lowest BCUT2D eigenvalue weighted by atomic mass is 9.95. The standard InChI is InChI=1S/C8H12O4.CH4/c1-6(9)5-8(2)3-4-11-7(10)12-8;/h3-5H2,1-2H3;1H4. The number of ketones is 1. The molecule has 0 aromatic carbocycles. The molecule has 0 radical (unpaired) electrons. The van der Waals surface area contributed by atoms with E-state index in [4.69, 9.17) is 4.74 Å². The summed E-state index contributed by atoms with van der Waals surface area (Å²) in [7, 11) is 0. The van der Waals surface area contributed by atoms with Gasteiger partial charge in [-0.1, -0.05) is 7.43 Å². The Labute approximate surface area is 78.2 Å². The number of cyclic esters (lactones) is 2. The second kappa shape index (κ2) is 4.25. The minimum atomic E-state index is -0.676. The normalized spacial score (nSPS) is 26.8. The molecule has 1 atom stereocenters. The highest BCUT2D eigenvalue weighted by Crippen LogP contribution is 2.24. The van der Waals surface area contributed by atoms with Crippen molar-refractivity contribution in [1.82, 2.24) is 0 Å². The van der Waals surface area contributed by atoms with Gasteiger partial charge in [-0.05, 0) is 13.8 Å². The summed E-state index contributed by atoms with van der Waals surface area (Å²) in [4.78, 5) is 21.5. The average Bonchev–Trinajstić information content (AvgIpc) is 1.82. The second-order valence-electron chi connectivity index (χ2n) is 3.28. The lowest BCUT2D eigenvalue weighted by Crippen LogP contribution is -2.39. The number of hydrogen-bond donors (Lipinski definition) is 0. The summed E-state index contributed by atoms with van der Waals surface area (Å²) in [6.07, 6.45) is 0.172.